The van der Waals surface area contributed by atoms with Crippen LogP contribution in [0.1, 0.15) is 35.3 Å². The number of piperidine rings is 1. The van der Waals surface area contributed by atoms with Crippen LogP contribution in [0.25, 0.3) is 0 Å². The van der Waals surface area contributed by atoms with Gasteiger partial charge in [-0.05, 0) is 37.9 Å². The SMILES string of the molecule is Cl.Cl.NCCCOC1CCN(C(=O)c2ccc(C(F)(F)F)nc2)CC1. The first-order valence-electron chi connectivity index (χ1n) is 7.56. The first-order valence-corrected chi connectivity index (χ1v) is 7.56. The molecule has 2 N–H and O–H groups in total. The van der Waals surface area contributed by atoms with Crippen molar-refractivity contribution in [3.8, 4) is 0 Å². The van der Waals surface area contributed by atoms with E-state index in [0.29, 0.717) is 39.1 Å². The van der Waals surface area contributed by atoms with Gasteiger partial charge in [-0.3, -0.25) is 9.78 Å². The standard InChI is InChI=1S/C15H20F3N3O2.2ClH/c16-15(17,18)13-3-2-11(10-20-13)14(22)21-7-4-12(5-8-21)23-9-1-6-19;;/h2-3,10,12H,1,4-9,19H2;2*1H. The molecule has 1 aliphatic heterocycles. The van der Waals surface area contributed by atoms with Crippen molar-refractivity contribution in [1.82, 2.24) is 9.88 Å². The predicted molar refractivity (Wildman–Crippen MR) is 92.3 cm³/mol. The first-order chi connectivity index (χ1) is 10.9. The number of aromatic nitrogens is 1. The summed E-state index contributed by atoms with van der Waals surface area (Å²) < 4.78 is 43.1. The molecule has 1 saturated heterocycles. The van der Waals surface area contributed by atoms with Crippen LogP contribution in [-0.2, 0) is 10.9 Å². The van der Waals surface area contributed by atoms with Crippen molar-refractivity contribution in [2.45, 2.75) is 31.5 Å². The molecule has 1 aromatic rings. The number of carbonyl (C=O) groups is 1. The Bertz CT molecular complexity index is 522. The Kier molecular flexibility index (Phi) is 10.3. The molecule has 144 valence electrons. The number of amides is 1. The topological polar surface area (TPSA) is 68.5 Å². The smallest absolute Gasteiger partial charge is 0.378 e. The molecule has 1 amide bonds. The Morgan fingerprint density at radius 2 is 1.92 bits per heavy atom. The van der Waals surface area contributed by atoms with Crippen molar-refractivity contribution in [1.29, 1.82) is 0 Å². The van der Waals surface area contributed by atoms with Crippen molar-refractivity contribution in [3.05, 3.63) is 29.6 Å². The van der Waals surface area contributed by atoms with Crippen molar-refractivity contribution in [2.75, 3.05) is 26.2 Å². The summed E-state index contributed by atoms with van der Waals surface area (Å²) in [5.41, 5.74) is 4.57. The highest BCUT2D eigenvalue weighted by Crippen LogP contribution is 2.27. The number of pyridine rings is 1. The van der Waals surface area contributed by atoms with E-state index in [1.807, 2.05) is 0 Å². The fourth-order valence-corrected chi connectivity index (χ4v) is 2.43. The third kappa shape index (κ3) is 6.97. The maximum absolute atomic E-state index is 12.5. The van der Waals surface area contributed by atoms with E-state index < -0.39 is 11.9 Å². The molecule has 0 unspecified atom stereocenters. The van der Waals surface area contributed by atoms with Gasteiger partial charge < -0.3 is 15.4 Å². The second kappa shape index (κ2) is 10.8. The van der Waals surface area contributed by atoms with Crippen LogP contribution >= 0.6 is 24.8 Å². The number of nitrogens with two attached hydrogens (primary N) is 1. The summed E-state index contributed by atoms with van der Waals surface area (Å²) >= 11 is 0. The zero-order chi connectivity index (χ0) is 16.9. The number of rotatable bonds is 5. The van der Waals surface area contributed by atoms with Crippen LogP contribution in [0.5, 0.6) is 0 Å². The minimum Gasteiger partial charge on any atom is -0.378 e. The van der Waals surface area contributed by atoms with E-state index in [-0.39, 0.29) is 42.4 Å². The normalized spacial score (nSPS) is 15.3. The van der Waals surface area contributed by atoms with Crippen LogP contribution in [0.3, 0.4) is 0 Å². The molecule has 2 heterocycles. The van der Waals surface area contributed by atoms with Crippen molar-refractivity contribution in [3.63, 3.8) is 0 Å². The van der Waals surface area contributed by atoms with Crippen molar-refractivity contribution < 1.29 is 22.7 Å². The Morgan fingerprint density at radius 1 is 1.28 bits per heavy atom. The number of carbonyl (C=O) groups excluding carboxylic acids is 1. The predicted octanol–water partition coefficient (Wildman–Crippen LogP) is 2.91. The van der Waals surface area contributed by atoms with Gasteiger partial charge in [-0.1, -0.05) is 0 Å². The van der Waals surface area contributed by atoms with E-state index in [9.17, 15) is 18.0 Å². The minimum atomic E-state index is -4.50. The highest BCUT2D eigenvalue weighted by molar-refractivity contribution is 5.94. The van der Waals surface area contributed by atoms with Crippen LogP contribution in [0, 0.1) is 0 Å². The molecule has 0 radical (unpaired) electrons. The number of likely N-dealkylation sites (tertiary alicyclic amines) is 1. The molecular weight excluding hydrogens is 382 g/mol. The average Bonchev–Trinajstić information content (AvgIpc) is 2.54. The van der Waals surface area contributed by atoms with Gasteiger partial charge in [0.05, 0.1) is 11.7 Å². The minimum absolute atomic E-state index is 0. The molecule has 0 aromatic carbocycles. The van der Waals surface area contributed by atoms with Gasteiger partial charge in [0.15, 0.2) is 0 Å². The molecule has 0 saturated carbocycles. The number of halogens is 5. The summed E-state index contributed by atoms with van der Waals surface area (Å²) in [5, 5.41) is 0. The summed E-state index contributed by atoms with van der Waals surface area (Å²) in [5.74, 6) is -0.299. The Hall–Kier alpha value is -1.09. The Labute approximate surface area is 156 Å². The van der Waals surface area contributed by atoms with Gasteiger partial charge in [0.2, 0.25) is 0 Å². The van der Waals surface area contributed by atoms with Gasteiger partial charge in [0, 0.05) is 25.9 Å². The molecule has 0 aliphatic carbocycles. The second-order valence-electron chi connectivity index (χ2n) is 5.43. The Morgan fingerprint density at radius 3 is 2.40 bits per heavy atom. The highest BCUT2D eigenvalue weighted by Gasteiger charge is 2.32. The fourth-order valence-electron chi connectivity index (χ4n) is 2.43. The van der Waals surface area contributed by atoms with Gasteiger partial charge >= 0.3 is 6.18 Å². The fraction of sp³-hybridized carbons (Fsp3) is 0.600. The van der Waals surface area contributed by atoms with Crippen LogP contribution in [0.4, 0.5) is 13.2 Å². The van der Waals surface area contributed by atoms with Crippen molar-refractivity contribution >= 4 is 30.7 Å². The van der Waals surface area contributed by atoms with E-state index in [1.54, 1.807) is 4.90 Å². The quantitative estimate of drug-likeness (QED) is 0.767. The summed E-state index contributed by atoms with van der Waals surface area (Å²) in [6, 6.07) is 2.00. The van der Waals surface area contributed by atoms with E-state index in [4.69, 9.17) is 10.5 Å². The largest absolute Gasteiger partial charge is 0.433 e. The number of alkyl halides is 3. The van der Waals surface area contributed by atoms with E-state index >= 15 is 0 Å². The van der Waals surface area contributed by atoms with Gasteiger partial charge in [-0.2, -0.15) is 13.2 Å². The van der Waals surface area contributed by atoms with Gasteiger partial charge in [0.1, 0.15) is 5.69 Å². The third-order valence-corrected chi connectivity index (χ3v) is 3.73. The molecule has 0 bridgehead atoms. The molecule has 1 aliphatic rings. The first kappa shape index (κ1) is 23.9. The number of hydrogen-bond donors (Lipinski definition) is 1. The summed E-state index contributed by atoms with van der Waals surface area (Å²) in [7, 11) is 0. The zero-order valence-electron chi connectivity index (χ0n) is 13.5. The van der Waals surface area contributed by atoms with Crippen LogP contribution in [-0.4, -0.2) is 48.1 Å². The molecule has 5 nitrogen and oxygen atoms in total. The molecule has 1 fully saturated rings. The molecule has 10 heteroatoms. The van der Waals surface area contributed by atoms with Gasteiger partial charge in [-0.25, -0.2) is 0 Å². The lowest BCUT2D eigenvalue weighted by Gasteiger charge is -2.32. The van der Waals surface area contributed by atoms with E-state index in [0.717, 1.165) is 18.7 Å². The number of ether oxygens (including phenoxy) is 1. The maximum Gasteiger partial charge on any atom is 0.433 e. The highest BCUT2D eigenvalue weighted by atomic mass is 35.5. The van der Waals surface area contributed by atoms with Crippen molar-refractivity contribution in [2.24, 2.45) is 5.73 Å². The van der Waals surface area contributed by atoms with E-state index in [1.165, 1.54) is 6.07 Å². The molecule has 25 heavy (non-hydrogen) atoms. The van der Waals surface area contributed by atoms with Gasteiger partial charge in [0.25, 0.3) is 5.91 Å². The number of hydrogen-bond acceptors (Lipinski definition) is 4. The summed E-state index contributed by atoms with van der Waals surface area (Å²) in [6.07, 6.45) is -1.18. The van der Waals surface area contributed by atoms with Gasteiger partial charge in [-0.15, -0.1) is 24.8 Å². The van der Waals surface area contributed by atoms with Crippen LogP contribution < -0.4 is 5.73 Å². The molecule has 0 atom stereocenters. The molecule has 0 spiro atoms. The van der Waals surface area contributed by atoms with Crippen LogP contribution in [0.15, 0.2) is 18.3 Å². The summed E-state index contributed by atoms with van der Waals surface area (Å²) in [6.45, 7) is 2.23. The Balaban J connectivity index is 0.00000288. The lowest BCUT2D eigenvalue weighted by Crippen LogP contribution is -2.41. The maximum atomic E-state index is 12.5. The average molecular weight is 404 g/mol. The molecular formula is C15H22Cl2F3N3O2. The zero-order valence-corrected chi connectivity index (χ0v) is 15.1. The lowest BCUT2D eigenvalue weighted by molar-refractivity contribution is -0.141. The summed E-state index contributed by atoms with van der Waals surface area (Å²) in [4.78, 5) is 17.2. The van der Waals surface area contributed by atoms with Crippen LogP contribution in [0.2, 0.25) is 0 Å². The lowest BCUT2D eigenvalue weighted by atomic mass is 10.1. The molecule has 2 rings (SSSR count). The van der Waals surface area contributed by atoms with E-state index in [2.05, 4.69) is 4.98 Å². The third-order valence-electron chi connectivity index (χ3n) is 3.73. The monoisotopic (exact) mass is 403 g/mol. The second-order valence-corrected chi connectivity index (χ2v) is 5.43. The molecule has 1 aromatic heterocycles. The number of nitrogens with zero attached hydrogens (tertiary/aromatic N) is 2.